The number of hydrogen-bond donors (Lipinski definition) is 2. The molecule has 1 atom stereocenters. The third-order valence-corrected chi connectivity index (χ3v) is 5.65. The number of nitrogens with zero attached hydrogens (tertiary/aromatic N) is 1. The van der Waals surface area contributed by atoms with Crippen LogP contribution in [0.15, 0.2) is 23.1 Å². The first-order chi connectivity index (χ1) is 9.96. The van der Waals surface area contributed by atoms with E-state index in [1.165, 1.54) is 6.26 Å². The van der Waals surface area contributed by atoms with Gasteiger partial charge < -0.3 is 10.3 Å². The number of sulfone groups is 1. The summed E-state index contributed by atoms with van der Waals surface area (Å²) in [5.41, 5.74) is 1.34. The number of imidazole rings is 1. The van der Waals surface area contributed by atoms with Gasteiger partial charge in [0.2, 0.25) is 0 Å². The quantitative estimate of drug-likeness (QED) is 0.909. The molecule has 1 aromatic heterocycles. The SMILES string of the molecule is CCC1(c2nc3c(S(C)(=O)=O)cccc3[nH]2)CCCNC1. The zero-order valence-electron chi connectivity index (χ0n) is 12.4. The van der Waals surface area contributed by atoms with E-state index < -0.39 is 9.84 Å². The number of benzene rings is 1. The lowest BCUT2D eigenvalue weighted by Crippen LogP contribution is -2.43. The van der Waals surface area contributed by atoms with E-state index in [1.54, 1.807) is 12.1 Å². The summed E-state index contributed by atoms with van der Waals surface area (Å²) >= 11 is 0. The van der Waals surface area contributed by atoms with Crippen molar-refractivity contribution in [1.82, 2.24) is 15.3 Å². The van der Waals surface area contributed by atoms with Crippen molar-refractivity contribution in [2.45, 2.75) is 36.5 Å². The molecular weight excluding hydrogens is 286 g/mol. The minimum Gasteiger partial charge on any atom is -0.341 e. The van der Waals surface area contributed by atoms with Crippen LogP contribution in [0.25, 0.3) is 11.0 Å². The molecule has 1 saturated heterocycles. The van der Waals surface area contributed by atoms with Crippen molar-refractivity contribution >= 4 is 20.9 Å². The maximum Gasteiger partial charge on any atom is 0.177 e. The fourth-order valence-electron chi connectivity index (χ4n) is 3.20. The Labute approximate surface area is 125 Å². The fraction of sp³-hybridized carbons (Fsp3) is 0.533. The van der Waals surface area contributed by atoms with Gasteiger partial charge in [0.1, 0.15) is 11.3 Å². The minimum atomic E-state index is -3.27. The lowest BCUT2D eigenvalue weighted by molar-refractivity contribution is 0.290. The molecule has 5 nitrogen and oxygen atoms in total. The number of piperidine rings is 1. The second-order valence-corrected chi connectivity index (χ2v) is 7.91. The highest BCUT2D eigenvalue weighted by Crippen LogP contribution is 2.34. The van der Waals surface area contributed by atoms with Crippen LogP contribution >= 0.6 is 0 Å². The number of H-pyrrole nitrogens is 1. The Bertz CT molecular complexity index is 758. The smallest absolute Gasteiger partial charge is 0.177 e. The number of rotatable bonds is 3. The lowest BCUT2D eigenvalue weighted by atomic mass is 9.77. The number of aromatic amines is 1. The van der Waals surface area contributed by atoms with Gasteiger partial charge in [-0.15, -0.1) is 0 Å². The summed E-state index contributed by atoms with van der Waals surface area (Å²) in [7, 11) is -3.27. The van der Waals surface area contributed by atoms with Gasteiger partial charge in [-0.25, -0.2) is 13.4 Å². The largest absolute Gasteiger partial charge is 0.341 e. The van der Waals surface area contributed by atoms with Gasteiger partial charge in [-0.1, -0.05) is 13.0 Å². The number of para-hydroxylation sites is 1. The van der Waals surface area contributed by atoms with Crippen molar-refractivity contribution in [2.75, 3.05) is 19.3 Å². The molecule has 1 fully saturated rings. The first-order valence-corrected chi connectivity index (χ1v) is 9.25. The summed E-state index contributed by atoms with van der Waals surface area (Å²) in [6, 6.07) is 5.28. The molecule has 2 heterocycles. The van der Waals surface area contributed by atoms with Crippen molar-refractivity contribution in [2.24, 2.45) is 0 Å². The number of nitrogens with one attached hydrogen (secondary N) is 2. The maximum atomic E-state index is 11.9. The summed E-state index contributed by atoms with van der Waals surface area (Å²) in [4.78, 5) is 8.33. The summed E-state index contributed by atoms with van der Waals surface area (Å²) in [5.74, 6) is 0.906. The number of hydrogen-bond acceptors (Lipinski definition) is 4. The van der Waals surface area contributed by atoms with Crippen molar-refractivity contribution in [3.63, 3.8) is 0 Å². The molecule has 114 valence electrons. The Morgan fingerprint density at radius 3 is 2.81 bits per heavy atom. The lowest BCUT2D eigenvalue weighted by Gasteiger charge is -2.35. The molecule has 0 saturated carbocycles. The van der Waals surface area contributed by atoms with Gasteiger partial charge in [0.25, 0.3) is 0 Å². The second-order valence-electron chi connectivity index (χ2n) is 5.92. The zero-order valence-corrected chi connectivity index (χ0v) is 13.3. The van der Waals surface area contributed by atoms with Crippen molar-refractivity contribution in [1.29, 1.82) is 0 Å². The van der Waals surface area contributed by atoms with E-state index in [1.807, 2.05) is 6.07 Å². The van der Waals surface area contributed by atoms with E-state index in [4.69, 9.17) is 0 Å². The molecule has 21 heavy (non-hydrogen) atoms. The molecule has 1 unspecified atom stereocenters. The molecule has 2 aromatic rings. The van der Waals surface area contributed by atoms with Crippen LogP contribution < -0.4 is 5.32 Å². The first-order valence-electron chi connectivity index (χ1n) is 7.36. The van der Waals surface area contributed by atoms with Crippen LogP contribution in [-0.2, 0) is 15.3 Å². The van der Waals surface area contributed by atoms with Gasteiger partial charge in [-0.2, -0.15) is 0 Å². The number of fused-ring (bicyclic) bond motifs is 1. The third-order valence-electron chi connectivity index (χ3n) is 4.53. The van der Waals surface area contributed by atoms with Crippen LogP contribution in [-0.4, -0.2) is 37.7 Å². The van der Waals surface area contributed by atoms with Crippen molar-refractivity contribution in [3.05, 3.63) is 24.0 Å². The highest BCUT2D eigenvalue weighted by Gasteiger charge is 2.35. The average Bonchev–Trinajstić information content (AvgIpc) is 2.91. The van der Waals surface area contributed by atoms with E-state index in [2.05, 4.69) is 22.2 Å². The standard InChI is InChI=1S/C15H21N3O2S/c1-3-15(8-5-9-16-10-15)14-17-11-6-4-7-12(13(11)18-14)21(2,19)20/h4,6-7,16H,3,5,8-10H2,1-2H3,(H,17,18). The van der Waals surface area contributed by atoms with Crippen molar-refractivity contribution < 1.29 is 8.42 Å². The Kier molecular flexibility index (Phi) is 3.53. The predicted molar refractivity (Wildman–Crippen MR) is 83.3 cm³/mol. The molecule has 0 bridgehead atoms. The third kappa shape index (κ3) is 2.46. The first kappa shape index (κ1) is 14.5. The van der Waals surface area contributed by atoms with E-state index in [0.717, 1.165) is 43.7 Å². The topological polar surface area (TPSA) is 74.8 Å². The average molecular weight is 307 g/mol. The fourth-order valence-corrected chi connectivity index (χ4v) is 4.03. The van der Waals surface area contributed by atoms with E-state index in [9.17, 15) is 8.42 Å². The molecule has 0 radical (unpaired) electrons. The van der Waals surface area contributed by atoms with Gasteiger partial charge >= 0.3 is 0 Å². The highest BCUT2D eigenvalue weighted by atomic mass is 32.2. The molecule has 3 rings (SSSR count). The van der Waals surface area contributed by atoms with Gasteiger partial charge in [0.15, 0.2) is 9.84 Å². The van der Waals surface area contributed by atoms with Crippen LogP contribution in [0, 0.1) is 0 Å². The molecule has 1 aliphatic heterocycles. The molecule has 0 spiro atoms. The predicted octanol–water partition coefficient (Wildman–Crippen LogP) is 2.00. The van der Waals surface area contributed by atoms with Crippen molar-refractivity contribution in [3.8, 4) is 0 Å². The van der Waals surface area contributed by atoms with Crippen LogP contribution in [0.4, 0.5) is 0 Å². The molecule has 2 N–H and O–H groups in total. The van der Waals surface area contributed by atoms with Gasteiger partial charge in [-0.3, -0.25) is 0 Å². The summed E-state index contributed by atoms with van der Waals surface area (Å²) in [6.45, 7) is 4.09. The minimum absolute atomic E-state index is 0.0218. The van der Waals surface area contributed by atoms with Crippen LogP contribution in [0.3, 0.4) is 0 Å². The van der Waals surface area contributed by atoms with Gasteiger partial charge in [-0.05, 0) is 37.9 Å². The maximum absolute atomic E-state index is 11.9. The molecule has 0 aliphatic carbocycles. The molecule has 1 aliphatic rings. The van der Waals surface area contributed by atoms with E-state index >= 15 is 0 Å². The summed E-state index contributed by atoms with van der Waals surface area (Å²) in [5, 5.41) is 3.44. The Morgan fingerprint density at radius 1 is 1.38 bits per heavy atom. The van der Waals surface area contributed by atoms with Crippen LogP contribution in [0.2, 0.25) is 0 Å². The summed E-state index contributed by atoms with van der Waals surface area (Å²) < 4.78 is 23.8. The molecular formula is C15H21N3O2S. The van der Waals surface area contributed by atoms with Gasteiger partial charge in [0.05, 0.1) is 10.4 Å². The monoisotopic (exact) mass is 307 g/mol. The van der Waals surface area contributed by atoms with E-state index in [0.29, 0.717) is 10.4 Å². The van der Waals surface area contributed by atoms with E-state index in [-0.39, 0.29) is 5.41 Å². The Morgan fingerprint density at radius 2 is 2.19 bits per heavy atom. The van der Waals surface area contributed by atoms with Gasteiger partial charge in [0, 0.05) is 18.2 Å². The number of aromatic nitrogens is 2. The molecule has 1 aromatic carbocycles. The van der Waals surface area contributed by atoms with Crippen LogP contribution in [0.1, 0.15) is 32.0 Å². The second kappa shape index (κ2) is 5.10. The Hall–Kier alpha value is -1.40. The van der Waals surface area contributed by atoms with Crippen LogP contribution in [0.5, 0.6) is 0 Å². The molecule has 6 heteroatoms. The normalized spacial score (nSPS) is 23.5. The zero-order chi connectivity index (χ0) is 15.1. The highest BCUT2D eigenvalue weighted by molar-refractivity contribution is 7.91. The Balaban J connectivity index is 2.17. The summed E-state index contributed by atoms with van der Waals surface area (Å²) in [6.07, 6.45) is 4.40. The molecule has 0 amide bonds.